The summed E-state index contributed by atoms with van der Waals surface area (Å²) < 4.78 is 5.65. The summed E-state index contributed by atoms with van der Waals surface area (Å²) in [5, 5.41) is 0. The Morgan fingerprint density at radius 1 is 1.40 bits per heavy atom. The predicted molar refractivity (Wildman–Crippen MR) is 43.8 cm³/mol. The van der Waals surface area contributed by atoms with Gasteiger partial charge in [0.25, 0.3) is 0 Å². The second-order valence-electron chi connectivity index (χ2n) is 2.74. The van der Waals surface area contributed by atoms with Gasteiger partial charge in [0.1, 0.15) is 5.75 Å². The summed E-state index contributed by atoms with van der Waals surface area (Å²) in [5.74, 6) is 1.13. The Morgan fingerprint density at radius 3 is 3.00 bits per heavy atom. The van der Waals surface area contributed by atoms with Gasteiger partial charge in [-0.05, 0) is 18.2 Å². The predicted octanol–water partition coefficient (Wildman–Crippen LogP) is 1.51. The maximum atomic E-state index is 5.65. The van der Waals surface area contributed by atoms with Gasteiger partial charge < -0.3 is 4.43 Å². The lowest BCUT2D eigenvalue weighted by Crippen LogP contribution is -2.12. The van der Waals surface area contributed by atoms with Crippen LogP contribution in [0.4, 0.5) is 0 Å². The van der Waals surface area contributed by atoms with Crippen molar-refractivity contribution in [3.8, 4) is 5.75 Å². The Kier molecular flexibility index (Phi) is 1.27. The van der Waals surface area contributed by atoms with Gasteiger partial charge in [-0.25, -0.2) is 0 Å². The van der Waals surface area contributed by atoms with Gasteiger partial charge in [0.15, 0.2) is 0 Å². The van der Waals surface area contributed by atoms with Gasteiger partial charge >= 0.3 is 0 Å². The molecule has 0 bridgehead atoms. The van der Waals surface area contributed by atoms with Crippen LogP contribution in [0.25, 0.3) is 0 Å². The minimum Gasteiger partial charge on any atom is -0.546 e. The molecule has 2 heteroatoms. The molecule has 0 spiro atoms. The van der Waals surface area contributed by atoms with E-state index in [0.29, 0.717) is 0 Å². The van der Waals surface area contributed by atoms with Crippen molar-refractivity contribution in [3.63, 3.8) is 0 Å². The molecule has 0 aliphatic carbocycles. The molecule has 1 aliphatic rings. The van der Waals surface area contributed by atoms with Gasteiger partial charge in [0.2, 0.25) is 9.04 Å². The number of para-hydroxylation sites is 1. The number of hydrogen-bond acceptors (Lipinski definition) is 1. The van der Waals surface area contributed by atoms with E-state index >= 15 is 0 Å². The topological polar surface area (TPSA) is 9.23 Å². The number of rotatable bonds is 0. The molecule has 0 amide bonds. The maximum Gasteiger partial charge on any atom is 0.236 e. The molecule has 2 rings (SSSR count). The van der Waals surface area contributed by atoms with E-state index in [1.165, 1.54) is 11.6 Å². The van der Waals surface area contributed by atoms with Gasteiger partial charge in [0.05, 0.1) is 0 Å². The number of hydrogen-bond donors (Lipinski definition) is 0. The Hall–Kier alpha value is -0.763. The van der Waals surface area contributed by atoms with E-state index in [0.717, 1.165) is 5.75 Å². The lowest BCUT2D eigenvalue weighted by atomic mass is 10.2. The molecule has 1 aliphatic heterocycles. The lowest BCUT2D eigenvalue weighted by Gasteiger charge is -1.99. The zero-order valence-corrected chi connectivity index (χ0v) is 7.16. The first kappa shape index (κ1) is 5.98. The Morgan fingerprint density at radius 2 is 2.20 bits per heavy atom. The highest BCUT2D eigenvalue weighted by Gasteiger charge is 2.18. The molecule has 0 saturated carbocycles. The van der Waals surface area contributed by atoms with Crippen LogP contribution < -0.4 is 4.43 Å². The summed E-state index contributed by atoms with van der Waals surface area (Å²) in [6.45, 7) is 2.24. The van der Waals surface area contributed by atoms with Gasteiger partial charge in [0, 0.05) is 6.04 Å². The first-order chi connectivity index (χ1) is 4.86. The zero-order chi connectivity index (χ0) is 6.97. The van der Waals surface area contributed by atoms with Crippen LogP contribution >= 0.6 is 0 Å². The summed E-state index contributed by atoms with van der Waals surface area (Å²) in [6, 6.07) is 9.54. The highest BCUT2D eigenvalue weighted by molar-refractivity contribution is 6.51. The normalized spacial score (nSPS) is 21.9. The monoisotopic (exact) mass is 150 g/mol. The molecular formula is C8H10OSi. The highest BCUT2D eigenvalue weighted by Crippen LogP contribution is 2.25. The Labute approximate surface area is 62.4 Å². The summed E-state index contributed by atoms with van der Waals surface area (Å²) in [5.41, 5.74) is 1.40. The van der Waals surface area contributed by atoms with Crippen LogP contribution in [0.1, 0.15) is 5.56 Å². The number of fused-ring (bicyclic) bond motifs is 1. The van der Waals surface area contributed by atoms with E-state index < -0.39 is 9.04 Å². The Balaban J connectivity index is 2.42. The van der Waals surface area contributed by atoms with Gasteiger partial charge in [-0.3, -0.25) is 0 Å². The fraction of sp³-hybridized carbons (Fsp3) is 0.250. The molecule has 1 aromatic rings. The summed E-state index contributed by atoms with van der Waals surface area (Å²) in [6.07, 6.45) is 0. The van der Waals surface area contributed by atoms with Gasteiger partial charge in [-0.15, -0.1) is 0 Å². The van der Waals surface area contributed by atoms with E-state index in [1.807, 2.05) is 6.07 Å². The van der Waals surface area contributed by atoms with Gasteiger partial charge in [-0.1, -0.05) is 18.2 Å². The summed E-state index contributed by atoms with van der Waals surface area (Å²) in [4.78, 5) is 0. The number of benzene rings is 1. The molecule has 1 heterocycles. The van der Waals surface area contributed by atoms with Crippen LogP contribution in [0.15, 0.2) is 24.3 Å². The maximum absolute atomic E-state index is 5.65. The smallest absolute Gasteiger partial charge is 0.236 e. The minimum atomic E-state index is -0.837. The molecule has 10 heavy (non-hydrogen) atoms. The van der Waals surface area contributed by atoms with Crippen LogP contribution in [0.2, 0.25) is 6.55 Å². The molecule has 1 atom stereocenters. The van der Waals surface area contributed by atoms with E-state index in [2.05, 4.69) is 24.7 Å². The average molecular weight is 150 g/mol. The first-order valence-corrected chi connectivity index (χ1v) is 6.05. The van der Waals surface area contributed by atoms with Crippen molar-refractivity contribution in [2.75, 3.05) is 0 Å². The largest absolute Gasteiger partial charge is 0.546 e. The SMILES string of the molecule is C[SiH]1Cc2ccccc2O1. The molecular weight excluding hydrogens is 140 g/mol. The molecule has 0 saturated heterocycles. The molecule has 0 fully saturated rings. The van der Waals surface area contributed by atoms with Crippen molar-refractivity contribution in [2.24, 2.45) is 0 Å². The van der Waals surface area contributed by atoms with Crippen LogP contribution in [0, 0.1) is 0 Å². The van der Waals surface area contributed by atoms with E-state index in [-0.39, 0.29) is 0 Å². The van der Waals surface area contributed by atoms with Crippen LogP contribution in [-0.2, 0) is 6.04 Å². The molecule has 1 unspecified atom stereocenters. The second kappa shape index (κ2) is 2.13. The van der Waals surface area contributed by atoms with Gasteiger partial charge in [-0.2, -0.15) is 0 Å². The van der Waals surface area contributed by atoms with Crippen LogP contribution in [-0.4, -0.2) is 9.04 Å². The average Bonchev–Trinajstić information content (AvgIpc) is 2.27. The highest BCUT2D eigenvalue weighted by atomic mass is 28.3. The van der Waals surface area contributed by atoms with Crippen molar-refractivity contribution in [3.05, 3.63) is 29.8 Å². The molecule has 1 aromatic carbocycles. The Bertz CT molecular complexity index is 222. The fourth-order valence-corrected chi connectivity index (χ4v) is 3.06. The molecule has 0 N–H and O–H groups in total. The lowest BCUT2D eigenvalue weighted by molar-refractivity contribution is 0.595. The van der Waals surface area contributed by atoms with Crippen LogP contribution in [0.5, 0.6) is 5.75 Å². The molecule has 0 aromatic heterocycles. The quantitative estimate of drug-likeness (QED) is 0.509. The van der Waals surface area contributed by atoms with Crippen molar-refractivity contribution in [2.45, 2.75) is 12.6 Å². The van der Waals surface area contributed by atoms with Crippen LogP contribution in [0.3, 0.4) is 0 Å². The fourth-order valence-electron chi connectivity index (χ4n) is 1.36. The van der Waals surface area contributed by atoms with E-state index in [4.69, 9.17) is 4.43 Å². The first-order valence-electron chi connectivity index (χ1n) is 3.61. The summed E-state index contributed by atoms with van der Waals surface area (Å²) in [7, 11) is -0.837. The van der Waals surface area contributed by atoms with E-state index in [1.54, 1.807) is 0 Å². The van der Waals surface area contributed by atoms with Crippen molar-refractivity contribution in [1.82, 2.24) is 0 Å². The van der Waals surface area contributed by atoms with Crippen molar-refractivity contribution < 1.29 is 4.43 Å². The van der Waals surface area contributed by atoms with Crippen molar-refractivity contribution >= 4 is 9.04 Å². The molecule has 52 valence electrons. The zero-order valence-electron chi connectivity index (χ0n) is 6.00. The van der Waals surface area contributed by atoms with Crippen molar-refractivity contribution in [1.29, 1.82) is 0 Å². The third kappa shape index (κ3) is 0.846. The third-order valence-electron chi connectivity index (χ3n) is 1.81. The third-order valence-corrected chi connectivity index (χ3v) is 3.48. The standard InChI is InChI=1S/C8H10OSi/c1-10-6-7-4-2-3-5-8(7)9-10/h2-5,10H,6H2,1H3. The minimum absolute atomic E-state index is 0.837. The molecule has 0 radical (unpaired) electrons. The molecule has 1 nitrogen and oxygen atoms in total. The summed E-state index contributed by atoms with van der Waals surface area (Å²) >= 11 is 0. The second-order valence-corrected chi connectivity index (χ2v) is 5.01. The van der Waals surface area contributed by atoms with E-state index in [9.17, 15) is 0 Å².